The molecule has 19 heavy (non-hydrogen) atoms. The number of carbonyl (C=O) groups excluding carboxylic acids is 1. The lowest BCUT2D eigenvalue weighted by Gasteiger charge is -2.14. The molecule has 0 bridgehead atoms. The fourth-order valence-corrected chi connectivity index (χ4v) is 2.67. The molecule has 0 spiro atoms. The van der Waals surface area contributed by atoms with Crippen LogP contribution in [0.2, 0.25) is 10.0 Å². The highest BCUT2D eigenvalue weighted by molar-refractivity contribution is 6.42. The predicted molar refractivity (Wildman–Crippen MR) is 76.6 cm³/mol. The van der Waals surface area contributed by atoms with Gasteiger partial charge in [0.25, 0.3) is 0 Å². The highest BCUT2D eigenvalue weighted by Gasteiger charge is 2.45. The Morgan fingerprint density at radius 2 is 2.26 bits per heavy atom. The number of aliphatic hydroxyl groups excluding tert-OH is 1. The van der Waals surface area contributed by atoms with E-state index in [1.54, 1.807) is 6.07 Å². The average molecular weight is 302 g/mol. The average Bonchev–Trinajstić information content (AvgIpc) is 3.19. The van der Waals surface area contributed by atoms with Gasteiger partial charge < -0.3 is 10.4 Å². The zero-order valence-electron chi connectivity index (χ0n) is 10.7. The monoisotopic (exact) mass is 301 g/mol. The summed E-state index contributed by atoms with van der Waals surface area (Å²) in [4.78, 5) is 12.0. The Bertz CT molecular complexity index is 475. The molecule has 3 unspecified atom stereocenters. The lowest BCUT2D eigenvalue weighted by molar-refractivity contribution is -0.123. The maximum atomic E-state index is 12.0. The van der Waals surface area contributed by atoms with Crippen molar-refractivity contribution in [3.05, 3.63) is 33.8 Å². The summed E-state index contributed by atoms with van der Waals surface area (Å²) in [5.41, 5.74) is 0.936. The van der Waals surface area contributed by atoms with Crippen molar-refractivity contribution in [2.45, 2.75) is 31.7 Å². The minimum absolute atomic E-state index is 0.0121. The van der Waals surface area contributed by atoms with Crippen molar-refractivity contribution in [1.82, 2.24) is 5.32 Å². The van der Waals surface area contributed by atoms with Crippen molar-refractivity contribution < 1.29 is 9.90 Å². The molecule has 2 rings (SSSR count). The van der Waals surface area contributed by atoms with E-state index in [4.69, 9.17) is 28.3 Å². The largest absolute Gasteiger partial charge is 0.394 e. The van der Waals surface area contributed by atoms with Gasteiger partial charge in [-0.05, 0) is 30.4 Å². The van der Waals surface area contributed by atoms with E-state index in [2.05, 4.69) is 5.32 Å². The van der Waals surface area contributed by atoms with Crippen LogP contribution in [0.4, 0.5) is 0 Å². The molecule has 104 valence electrons. The second kappa shape index (κ2) is 6.12. The van der Waals surface area contributed by atoms with Gasteiger partial charge in [0.2, 0.25) is 5.91 Å². The maximum absolute atomic E-state index is 12.0. The van der Waals surface area contributed by atoms with Crippen LogP contribution in [0.3, 0.4) is 0 Å². The molecule has 2 N–H and O–H groups in total. The van der Waals surface area contributed by atoms with E-state index >= 15 is 0 Å². The summed E-state index contributed by atoms with van der Waals surface area (Å²) in [5, 5.41) is 13.0. The molecule has 3 nitrogen and oxygen atoms in total. The van der Waals surface area contributed by atoms with Crippen LogP contribution in [0, 0.1) is 5.92 Å². The van der Waals surface area contributed by atoms with Gasteiger partial charge in [0.1, 0.15) is 0 Å². The molecular formula is C14H17Cl2NO2. The molecule has 1 fully saturated rings. The minimum Gasteiger partial charge on any atom is -0.394 e. The van der Waals surface area contributed by atoms with Gasteiger partial charge in [-0.25, -0.2) is 0 Å². The van der Waals surface area contributed by atoms with Crippen molar-refractivity contribution in [2.75, 3.05) is 6.61 Å². The van der Waals surface area contributed by atoms with Gasteiger partial charge in [0, 0.05) is 5.92 Å². The van der Waals surface area contributed by atoms with Gasteiger partial charge in [-0.15, -0.1) is 0 Å². The van der Waals surface area contributed by atoms with E-state index in [0.29, 0.717) is 10.0 Å². The fourth-order valence-electron chi connectivity index (χ4n) is 2.22. The van der Waals surface area contributed by atoms with Gasteiger partial charge in [-0.3, -0.25) is 4.79 Å². The molecule has 0 saturated heterocycles. The summed E-state index contributed by atoms with van der Waals surface area (Å²) < 4.78 is 0. The van der Waals surface area contributed by atoms with Crippen LogP contribution in [0.15, 0.2) is 18.2 Å². The van der Waals surface area contributed by atoms with E-state index in [-0.39, 0.29) is 30.4 Å². The van der Waals surface area contributed by atoms with Crippen molar-refractivity contribution in [2.24, 2.45) is 5.92 Å². The second-order valence-electron chi connectivity index (χ2n) is 4.89. The van der Waals surface area contributed by atoms with E-state index in [1.165, 1.54) is 0 Å². The molecule has 5 heteroatoms. The van der Waals surface area contributed by atoms with Crippen molar-refractivity contribution in [3.8, 4) is 0 Å². The van der Waals surface area contributed by atoms with Crippen molar-refractivity contribution in [3.63, 3.8) is 0 Å². The first-order valence-corrected chi connectivity index (χ1v) is 7.19. The third-order valence-corrected chi connectivity index (χ3v) is 4.40. The number of hydrogen-bond acceptors (Lipinski definition) is 2. The van der Waals surface area contributed by atoms with Crippen LogP contribution < -0.4 is 5.32 Å². The molecular weight excluding hydrogens is 285 g/mol. The number of carbonyl (C=O) groups is 1. The van der Waals surface area contributed by atoms with Gasteiger partial charge in [0.15, 0.2) is 0 Å². The van der Waals surface area contributed by atoms with E-state index in [0.717, 1.165) is 18.4 Å². The van der Waals surface area contributed by atoms with E-state index in [9.17, 15) is 4.79 Å². The van der Waals surface area contributed by atoms with Crippen LogP contribution in [0.25, 0.3) is 0 Å². The van der Waals surface area contributed by atoms with Crippen LogP contribution in [-0.4, -0.2) is 23.7 Å². The molecule has 1 aromatic carbocycles. The quantitative estimate of drug-likeness (QED) is 0.878. The number of rotatable bonds is 5. The molecule has 3 atom stereocenters. The summed E-state index contributed by atoms with van der Waals surface area (Å²) in [7, 11) is 0. The number of hydrogen-bond donors (Lipinski definition) is 2. The van der Waals surface area contributed by atoms with Crippen molar-refractivity contribution >= 4 is 29.1 Å². The zero-order valence-corrected chi connectivity index (χ0v) is 12.2. The summed E-state index contributed by atoms with van der Waals surface area (Å²) in [6, 6.07) is 5.34. The fraction of sp³-hybridized carbons (Fsp3) is 0.500. The number of halogens is 2. The number of amides is 1. The Hall–Kier alpha value is -0.770. The summed E-state index contributed by atoms with van der Waals surface area (Å²) >= 11 is 12.1. The Balaban J connectivity index is 2.00. The van der Waals surface area contributed by atoms with E-state index < -0.39 is 0 Å². The summed E-state index contributed by atoms with van der Waals surface area (Å²) in [6.07, 6.45) is 1.51. The third kappa shape index (κ3) is 3.22. The van der Waals surface area contributed by atoms with Crippen LogP contribution in [-0.2, 0) is 4.79 Å². The van der Waals surface area contributed by atoms with Gasteiger partial charge in [0.05, 0.1) is 22.7 Å². The van der Waals surface area contributed by atoms with Crippen LogP contribution >= 0.6 is 23.2 Å². The first-order valence-electron chi connectivity index (χ1n) is 6.43. The number of nitrogens with one attached hydrogen (secondary N) is 1. The molecule has 0 heterocycles. The van der Waals surface area contributed by atoms with Gasteiger partial charge in [-0.1, -0.05) is 42.3 Å². The maximum Gasteiger partial charge on any atom is 0.224 e. The Kier molecular flexibility index (Phi) is 4.71. The number of aliphatic hydroxyl groups is 1. The SMILES string of the molecule is CCC(CO)NC(=O)C1CC1c1cccc(Cl)c1Cl. The molecule has 0 aliphatic heterocycles. The topological polar surface area (TPSA) is 49.3 Å². The molecule has 0 aromatic heterocycles. The highest BCUT2D eigenvalue weighted by Crippen LogP contribution is 2.50. The first-order chi connectivity index (χ1) is 9.08. The smallest absolute Gasteiger partial charge is 0.224 e. The predicted octanol–water partition coefficient (Wildman–Crippen LogP) is 2.98. The minimum atomic E-state index is -0.163. The van der Waals surface area contributed by atoms with Crippen LogP contribution in [0.5, 0.6) is 0 Å². The Morgan fingerprint density at radius 3 is 2.89 bits per heavy atom. The van der Waals surface area contributed by atoms with E-state index in [1.807, 2.05) is 19.1 Å². The first kappa shape index (κ1) is 14.6. The molecule has 1 aromatic rings. The lowest BCUT2D eigenvalue weighted by Crippen LogP contribution is -2.38. The molecule has 0 radical (unpaired) electrons. The molecule has 1 aliphatic carbocycles. The molecule has 1 aliphatic rings. The zero-order chi connectivity index (χ0) is 14.0. The lowest BCUT2D eigenvalue weighted by atomic mass is 10.1. The second-order valence-corrected chi connectivity index (χ2v) is 5.67. The van der Waals surface area contributed by atoms with Crippen molar-refractivity contribution in [1.29, 1.82) is 0 Å². The Morgan fingerprint density at radius 1 is 1.53 bits per heavy atom. The van der Waals surface area contributed by atoms with Gasteiger partial charge >= 0.3 is 0 Å². The molecule has 1 amide bonds. The van der Waals surface area contributed by atoms with Crippen LogP contribution in [0.1, 0.15) is 31.2 Å². The highest BCUT2D eigenvalue weighted by atomic mass is 35.5. The standard InChI is InChI=1S/C14H17Cl2NO2/c1-2-8(7-18)17-14(19)11-6-10(11)9-4-3-5-12(15)13(9)16/h3-5,8,10-11,18H,2,6-7H2,1H3,(H,17,19). The Labute approximate surface area is 122 Å². The summed E-state index contributed by atoms with van der Waals surface area (Å²) in [5.74, 6) is 0.0703. The molecule has 1 saturated carbocycles. The third-order valence-electron chi connectivity index (χ3n) is 3.57. The number of benzene rings is 1. The normalized spacial score (nSPS) is 22.9. The van der Waals surface area contributed by atoms with Gasteiger partial charge in [-0.2, -0.15) is 0 Å². The summed E-state index contributed by atoms with van der Waals surface area (Å²) in [6.45, 7) is 1.90.